The number of halogens is 3. The Labute approximate surface area is 99.1 Å². The summed E-state index contributed by atoms with van der Waals surface area (Å²) in [4.78, 5) is 6.10. The Morgan fingerprint density at radius 1 is 1.35 bits per heavy atom. The minimum absolute atomic E-state index is 0.0420. The molecule has 2 rings (SSSR count). The number of alkyl halides is 3. The van der Waals surface area contributed by atoms with Crippen molar-refractivity contribution in [3.63, 3.8) is 0 Å². The molecule has 1 N–H and O–H groups in total. The standard InChI is InChI=1S/C11H18F3N3/c1-17-7-3-6-15-9(17)16-8-10(4-2-5-10)11(12,13)14/h2-8H2,1H3,(H,15,16). The molecule has 0 unspecified atom stereocenters. The summed E-state index contributed by atoms with van der Waals surface area (Å²) in [5.74, 6) is 0.603. The van der Waals surface area contributed by atoms with Crippen LogP contribution in [-0.4, -0.2) is 43.7 Å². The van der Waals surface area contributed by atoms with E-state index in [1.807, 2.05) is 11.9 Å². The maximum atomic E-state index is 12.9. The lowest BCUT2D eigenvalue weighted by Gasteiger charge is -2.44. The van der Waals surface area contributed by atoms with E-state index in [9.17, 15) is 13.2 Å². The summed E-state index contributed by atoms with van der Waals surface area (Å²) in [6.07, 6.45) is -2.00. The molecule has 0 saturated heterocycles. The quantitative estimate of drug-likeness (QED) is 0.810. The third kappa shape index (κ3) is 2.35. The average Bonchev–Trinajstić information content (AvgIpc) is 2.16. The SMILES string of the molecule is CN1CCCN=C1NCC1(C(F)(F)F)CCC1. The van der Waals surface area contributed by atoms with Crippen LogP contribution in [0.25, 0.3) is 0 Å². The van der Waals surface area contributed by atoms with Gasteiger partial charge in [0.05, 0.1) is 5.41 Å². The zero-order valence-corrected chi connectivity index (χ0v) is 9.98. The second-order valence-corrected chi connectivity index (χ2v) is 4.97. The van der Waals surface area contributed by atoms with Crippen LogP contribution in [0, 0.1) is 5.41 Å². The molecule has 1 aliphatic carbocycles. The van der Waals surface area contributed by atoms with E-state index < -0.39 is 11.6 Å². The highest BCUT2D eigenvalue weighted by Gasteiger charge is 2.58. The Kier molecular flexibility index (Phi) is 3.23. The minimum atomic E-state index is -4.11. The molecule has 1 heterocycles. The van der Waals surface area contributed by atoms with Gasteiger partial charge < -0.3 is 10.2 Å². The summed E-state index contributed by atoms with van der Waals surface area (Å²) >= 11 is 0. The number of guanidine groups is 1. The molecule has 0 aromatic rings. The second-order valence-electron chi connectivity index (χ2n) is 4.97. The third-order valence-corrected chi connectivity index (χ3v) is 3.77. The molecule has 0 aromatic carbocycles. The van der Waals surface area contributed by atoms with Gasteiger partial charge in [-0.15, -0.1) is 0 Å². The number of nitrogens with one attached hydrogen (secondary N) is 1. The van der Waals surface area contributed by atoms with E-state index in [-0.39, 0.29) is 19.4 Å². The summed E-state index contributed by atoms with van der Waals surface area (Å²) in [6, 6.07) is 0. The monoisotopic (exact) mass is 249 g/mol. The Balaban J connectivity index is 1.95. The summed E-state index contributed by atoms with van der Waals surface area (Å²) in [6.45, 7) is 1.51. The average molecular weight is 249 g/mol. The van der Waals surface area contributed by atoms with E-state index in [2.05, 4.69) is 10.3 Å². The van der Waals surface area contributed by atoms with Crippen LogP contribution in [-0.2, 0) is 0 Å². The van der Waals surface area contributed by atoms with Crippen LogP contribution in [0.1, 0.15) is 25.7 Å². The first-order valence-corrected chi connectivity index (χ1v) is 6.01. The van der Waals surface area contributed by atoms with Crippen molar-refractivity contribution in [3.05, 3.63) is 0 Å². The Morgan fingerprint density at radius 2 is 2.06 bits per heavy atom. The van der Waals surface area contributed by atoms with Gasteiger partial charge in [-0.05, 0) is 19.3 Å². The molecule has 0 aromatic heterocycles. The highest BCUT2D eigenvalue weighted by molar-refractivity contribution is 5.80. The molecule has 1 fully saturated rings. The van der Waals surface area contributed by atoms with Crippen LogP contribution in [0.5, 0.6) is 0 Å². The van der Waals surface area contributed by atoms with Crippen molar-refractivity contribution in [2.45, 2.75) is 31.9 Å². The van der Waals surface area contributed by atoms with Crippen LogP contribution < -0.4 is 5.32 Å². The van der Waals surface area contributed by atoms with Gasteiger partial charge in [0.15, 0.2) is 5.96 Å². The lowest BCUT2D eigenvalue weighted by Crippen LogP contribution is -2.54. The maximum absolute atomic E-state index is 12.9. The molecule has 0 amide bonds. The number of hydrogen-bond acceptors (Lipinski definition) is 3. The van der Waals surface area contributed by atoms with Gasteiger partial charge in [-0.1, -0.05) is 6.42 Å². The fraction of sp³-hybridized carbons (Fsp3) is 0.909. The molecule has 0 radical (unpaired) electrons. The molecule has 1 aliphatic heterocycles. The van der Waals surface area contributed by atoms with Gasteiger partial charge in [0.2, 0.25) is 0 Å². The fourth-order valence-electron chi connectivity index (χ4n) is 2.32. The number of nitrogens with zero attached hydrogens (tertiary/aromatic N) is 2. The van der Waals surface area contributed by atoms with Gasteiger partial charge in [0, 0.05) is 26.7 Å². The zero-order valence-electron chi connectivity index (χ0n) is 9.98. The Bertz CT molecular complexity index is 308. The van der Waals surface area contributed by atoms with Gasteiger partial charge in [-0.2, -0.15) is 13.2 Å². The lowest BCUT2D eigenvalue weighted by molar-refractivity contribution is -0.247. The zero-order chi connectivity index (χ0) is 12.5. The number of aliphatic imine (C=N–C) groups is 1. The molecule has 0 atom stereocenters. The summed E-state index contributed by atoms with van der Waals surface area (Å²) < 4.78 is 38.7. The van der Waals surface area contributed by atoms with E-state index >= 15 is 0 Å². The molecular formula is C11H18F3N3. The normalized spacial score (nSPS) is 24.0. The fourth-order valence-corrected chi connectivity index (χ4v) is 2.32. The van der Waals surface area contributed by atoms with Crippen molar-refractivity contribution in [3.8, 4) is 0 Å². The molecule has 17 heavy (non-hydrogen) atoms. The predicted molar refractivity (Wildman–Crippen MR) is 59.9 cm³/mol. The molecule has 0 bridgehead atoms. The van der Waals surface area contributed by atoms with E-state index in [1.165, 1.54) is 0 Å². The number of hydrogen-bond donors (Lipinski definition) is 1. The summed E-state index contributed by atoms with van der Waals surface area (Å²) in [5.41, 5.74) is -1.52. The lowest BCUT2D eigenvalue weighted by atomic mass is 9.68. The largest absolute Gasteiger partial charge is 0.396 e. The van der Waals surface area contributed by atoms with Crippen molar-refractivity contribution in [2.24, 2.45) is 10.4 Å². The number of rotatable bonds is 2. The first-order chi connectivity index (χ1) is 7.95. The smallest absolute Gasteiger partial charge is 0.355 e. The topological polar surface area (TPSA) is 27.6 Å². The first kappa shape index (κ1) is 12.5. The highest BCUT2D eigenvalue weighted by Crippen LogP contribution is 2.52. The van der Waals surface area contributed by atoms with Gasteiger partial charge >= 0.3 is 6.18 Å². The summed E-state index contributed by atoms with van der Waals surface area (Å²) in [7, 11) is 1.85. The summed E-state index contributed by atoms with van der Waals surface area (Å²) in [5, 5.41) is 2.88. The van der Waals surface area contributed by atoms with Crippen molar-refractivity contribution in [2.75, 3.05) is 26.7 Å². The molecule has 98 valence electrons. The van der Waals surface area contributed by atoms with Crippen molar-refractivity contribution in [1.82, 2.24) is 10.2 Å². The van der Waals surface area contributed by atoms with Crippen molar-refractivity contribution in [1.29, 1.82) is 0 Å². The van der Waals surface area contributed by atoms with Crippen molar-refractivity contribution < 1.29 is 13.2 Å². The molecule has 6 heteroatoms. The van der Waals surface area contributed by atoms with Gasteiger partial charge in [0.25, 0.3) is 0 Å². The molecule has 3 nitrogen and oxygen atoms in total. The maximum Gasteiger partial charge on any atom is 0.396 e. The first-order valence-electron chi connectivity index (χ1n) is 6.01. The molecule has 1 saturated carbocycles. The van der Waals surface area contributed by atoms with E-state index in [0.29, 0.717) is 18.9 Å². The van der Waals surface area contributed by atoms with E-state index in [0.717, 1.165) is 13.0 Å². The van der Waals surface area contributed by atoms with Crippen molar-refractivity contribution >= 4 is 5.96 Å². The van der Waals surface area contributed by atoms with Crippen LogP contribution in [0.15, 0.2) is 4.99 Å². The molecule has 2 aliphatic rings. The second kappa shape index (κ2) is 4.38. The van der Waals surface area contributed by atoms with Crippen LogP contribution in [0.4, 0.5) is 13.2 Å². The Hall–Kier alpha value is -0.940. The van der Waals surface area contributed by atoms with Gasteiger partial charge in [-0.25, -0.2) is 0 Å². The molecular weight excluding hydrogens is 231 g/mol. The Morgan fingerprint density at radius 3 is 2.53 bits per heavy atom. The minimum Gasteiger partial charge on any atom is -0.355 e. The van der Waals surface area contributed by atoms with Gasteiger partial charge in [0.1, 0.15) is 0 Å². The van der Waals surface area contributed by atoms with Crippen LogP contribution >= 0.6 is 0 Å². The van der Waals surface area contributed by atoms with Crippen LogP contribution in [0.3, 0.4) is 0 Å². The third-order valence-electron chi connectivity index (χ3n) is 3.77. The van der Waals surface area contributed by atoms with Crippen LogP contribution in [0.2, 0.25) is 0 Å². The van der Waals surface area contributed by atoms with Gasteiger partial charge in [-0.3, -0.25) is 4.99 Å². The highest BCUT2D eigenvalue weighted by atomic mass is 19.4. The molecule has 0 spiro atoms. The van der Waals surface area contributed by atoms with E-state index in [1.54, 1.807) is 0 Å². The predicted octanol–water partition coefficient (Wildman–Crippen LogP) is 2.00. The van der Waals surface area contributed by atoms with E-state index in [4.69, 9.17) is 0 Å².